The molecule has 3 nitrogen and oxygen atoms in total. The van der Waals surface area contributed by atoms with E-state index < -0.39 is 0 Å². The second kappa shape index (κ2) is 5.21. The SMILES string of the molecule is Cc1c(NC2Cc3ccccc3C2)cnn1C1CCCC1. The summed E-state index contributed by atoms with van der Waals surface area (Å²) >= 11 is 0. The van der Waals surface area contributed by atoms with Crippen LogP contribution in [-0.2, 0) is 12.8 Å². The summed E-state index contributed by atoms with van der Waals surface area (Å²) in [4.78, 5) is 0. The van der Waals surface area contributed by atoms with Crippen molar-refractivity contribution in [3.8, 4) is 0 Å². The Morgan fingerprint density at radius 1 is 1.10 bits per heavy atom. The molecular formula is C18H23N3. The molecule has 2 aliphatic rings. The first kappa shape index (κ1) is 12.9. The zero-order valence-corrected chi connectivity index (χ0v) is 12.7. The third-order valence-electron chi connectivity index (χ3n) is 5.13. The number of nitrogens with zero attached hydrogens (tertiary/aromatic N) is 2. The molecule has 0 amide bonds. The third-order valence-corrected chi connectivity index (χ3v) is 5.13. The minimum atomic E-state index is 0.516. The van der Waals surface area contributed by atoms with Crippen LogP contribution in [0.2, 0.25) is 0 Å². The van der Waals surface area contributed by atoms with Crippen LogP contribution >= 0.6 is 0 Å². The molecule has 0 aliphatic heterocycles. The van der Waals surface area contributed by atoms with E-state index in [2.05, 4.69) is 46.3 Å². The molecule has 2 aromatic rings. The number of nitrogens with one attached hydrogen (secondary N) is 1. The maximum atomic E-state index is 4.64. The average Bonchev–Trinajstić information content (AvgIpc) is 3.19. The molecule has 0 atom stereocenters. The van der Waals surface area contributed by atoms with Gasteiger partial charge < -0.3 is 5.32 Å². The zero-order chi connectivity index (χ0) is 14.2. The Labute approximate surface area is 126 Å². The van der Waals surface area contributed by atoms with Crippen LogP contribution in [-0.4, -0.2) is 15.8 Å². The van der Waals surface area contributed by atoms with Gasteiger partial charge in [0.05, 0.1) is 23.6 Å². The summed E-state index contributed by atoms with van der Waals surface area (Å²) in [7, 11) is 0. The molecule has 0 saturated heterocycles. The number of fused-ring (bicyclic) bond motifs is 1. The molecule has 1 saturated carbocycles. The van der Waals surface area contributed by atoms with Crippen molar-refractivity contribution in [3.05, 3.63) is 47.3 Å². The van der Waals surface area contributed by atoms with Crippen LogP contribution in [0, 0.1) is 6.92 Å². The van der Waals surface area contributed by atoms with Crippen molar-refractivity contribution in [1.29, 1.82) is 0 Å². The van der Waals surface area contributed by atoms with E-state index in [0.29, 0.717) is 12.1 Å². The van der Waals surface area contributed by atoms with Gasteiger partial charge >= 0.3 is 0 Å². The second-order valence-corrected chi connectivity index (χ2v) is 6.54. The first-order chi connectivity index (χ1) is 10.3. The maximum absolute atomic E-state index is 4.64. The van der Waals surface area contributed by atoms with Crippen LogP contribution in [0.4, 0.5) is 5.69 Å². The molecule has 1 aromatic heterocycles. The van der Waals surface area contributed by atoms with Crippen molar-refractivity contribution in [2.24, 2.45) is 0 Å². The fraction of sp³-hybridized carbons (Fsp3) is 0.500. The van der Waals surface area contributed by atoms with Gasteiger partial charge in [-0.15, -0.1) is 0 Å². The largest absolute Gasteiger partial charge is 0.379 e. The van der Waals surface area contributed by atoms with E-state index in [-0.39, 0.29) is 0 Å². The summed E-state index contributed by atoms with van der Waals surface area (Å²) in [5, 5.41) is 8.36. The summed E-state index contributed by atoms with van der Waals surface area (Å²) < 4.78 is 2.25. The van der Waals surface area contributed by atoms with Gasteiger partial charge in [-0.05, 0) is 43.7 Å². The van der Waals surface area contributed by atoms with Crippen molar-refractivity contribution in [1.82, 2.24) is 9.78 Å². The van der Waals surface area contributed by atoms with E-state index in [0.717, 1.165) is 12.8 Å². The molecular weight excluding hydrogens is 258 g/mol. The zero-order valence-electron chi connectivity index (χ0n) is 12.7. The summed E-state index contributed by atoms with van der Waals surface area (Å²) in [6, 6.07) is 9.94. The van der Waals surface area contributed by atoms with E-state index in [1.54, 1.807) is 0 Å². The highest BCUT2D eigenvalue weighted by Gasteiger charge is 2.24. The Morgan fingerprint density at radius 2 is 1.76 bits per heavy atom. The topological polar surface area (TPSA) is 29.9 Å². The summed E-state index contributed by atoms with van der Waals surface area (Å²) in [5.41, 5.74) is 5.52. The van der Waals surface area contributed by atoms with Gasteiger partial charge in [-0.2, -0.15) is 5.10 Å². The molecule has 1 aromatic carbocycles. The predicted molar refractivity (Wildman–Crippen MR) is 85.7 cm³/mol. The van der Waals surface area contributed by atoms with Crippen molar-refractivity contribution in [2.75, 3.05) is 5.32 Å². The van der Waals surface area contributed by atoms with Gasteiger partial charge in [0.2, 0.25) is 0 Å². The number of anilines is 1. The highest BCUT2D eigenvalue weighted by molar-refractivity contribution is 5.49. The van der Waals surface area contributed by atoms with Crippen LogP contribution in [0.5, 0.6) is 0 Å². The Hall–Kier alpha value is -1.77. The summed E-state index contributed by atoms with van der Waals surface area (Å²) in [6.07, 6.45) is 9.56. The van der Waals surface area contributed by atoms with E-state index in [9.17, 15) is 0 Å². The molecule has 4 rings (SSSR count). The highest BCUT2D eigenvalue weighted by atomic mass is 15.3. The van der Waals surface area contributed by atoms with Crippen molar-refractivity contribution >= 4 is 5.69 Å². The fourth-order valence-corrected chi connectivity index (χ4v) is 3.96. The lowest BCUT2D eigenvalue weighted by molar-refractivity contribution is 0.457. The van der Waals surface area contributed by atoms with E-state index in [1.165, 1.54) is 48.2 Å². The lowest BCUT2D eigenvalue weighted by atomic mass is 10.1. The molecule has 0 bridgehead atoms. The van der Waals surface area contributed by atoms with Crippen LogP contribution in [0.3, 0.4) is 0 Å². The lowest BCUT2D eigenvalue weighted by Crippen LogP contribution is -2.20. The van der Waals surface area contributed by atoms with Gasteiger partial charge in [0.25, 0.3) is 0 Å². The standard InChI is InChI=1S/C18H23N3/c1-13-18(12-19-21(13)17-8-4-5-9-17)20-16-10-14-6-2-3-7-15(14)11-16/h2-3,6-7,12,16-17,20H,4-5,8-11H2,1H3. The molecule has 110 valence electrons. The van der Waals surface area contributed by atoms with Crippen LogP contribution in [0.15, 0.2) is 30.5 Å². The predicted octanol–water partition coefficient (Wildman–Crippen LogP) is 3.89. The Kier molecular flexibility index (Phi) is 3.21. The molecule has 0 unspecified atom stereocenters. The molecule has 0 radical (unpaired) electrons. The van der Waals surface area contributed by atoms with Crippen LogP contribution in [0.25, 0.3) is 0 Å². The summed E-state index contributed by atoms with van der Waals surface area (Å²) in [6.45, 7) is 2.20. The number of hydrogen-bond acceptors (Lipinski definition) is 2. The van der Waals surface area contributed by atoms with Crippen molar-refractivity contribution in [3.63, 3.8) is 0 Å². The van der Waals surface area contributed by atoms with Gasteiger partial charge in [-0.25, -0.2) is 0 Å². The molecule has 1 N–H and O–H groups in total. The Balaban J connectivity index is 1.49. The van der Waals surface area contributed by atoms with E-state index in [1.807, 2.05) is 6.20 Å². The van der Waals surface area contributed by atoms with Crippen molar-refractivity contribution < 1.29 is 0 Å². The minimum absolute atomic E-state index is 0.516. The molecule has 2 aliphatic carbocycles. The number of rotatable bonds is 3. The first-order valence-electron chi connectivity index (χ1n) is 8.18. The Bertz CT molecular complexity index is 613. The minimum Gasteiger partial charge on any atom is -0.379 e. The normalized spacial score (nSPS) is 19.1. The number of hydrogen-bond donors (Lipinski definition) is 1. The molecule has 1 fully saturated rings. The van der Waals surface area contributed by atoms with Gasteiger partial charge in [0.1, 0.15) is 0 Å². The highest BCUT2D eigenvalue weighted by Crippen LogP contribution is 2.32. The van der Waals surface area contributed by atoms with Crippen LogP contribution in [0.1, 0.15) is 48.5 Å². The molecule has 21 heavy (non-hydrogen) atoms. The second-order valence-electron chi connectivity index (χ2n) is 6.54. The maximum Gasteiger partial charge on any atom is 0.0758 e. The third kappa shape index (κ3) is 2.35. The number of benzene rings is 1. The van der Waals surface area contributed by atoms with E-state index in [4.69, 9.17) is 0 Å². The summed E-state index contributed by atoms with van der Waals surface area (Å²) in [5.74, 6) is 0. The van der Waals surface area contributed by atoms with Gasteiger partial charge in [-0.3, -0.25) is 4.68 Å². The van der Waals surface area contributed by atoms with E-state index >= 15 is 0 Å². The Morgan fingerprint density at radius 3 is 2.43 bits per heavy atom. The van der Waals surface area contributed by atoms with Crippen LogP contribution < -0.4 is 5.32 Å². The smallest absolute Gasteiger partial charge is 0.0758 e. The average molecular weight is 281 g/mol. The lowest BCUT2D eigenvalue weighted by Gasteiger charge is -2.15. The van der Waals surface area contributed by atoms with Gasteiger partial charge in [0, 0.05) is 6.04 Å². The monoisotopic (exact) mass is 281 g/mol. The first-order valence-corrected chi connectivity index (χ1v) is 8.18. The quantitative estimate of drug-likeness (QED) is 0.925. The molecule has 1 heterocycles. The van der Waals surface area contributed by atoms with Crippen molar-refractivity contribution in [2.45, 2.75) is 57.5 Å². The van der Waals surface area contributed by atoms with Gasteiger partial charge in [0.15, 0.2) is 0 Å². The molecule has 0 spiro atoms. The number of aromatic nitrogens is 2. The molecule has 3 heteroatoms. The fourth-order valence-electron chi connectivity index (χ4n) is 3.96. The van der Waals surface area contributed by atoms with Gasteiger partial charge in [-0.1, -0.05) is 37.1 Å².